The van der Waals surface area contributed by atoms with Gasteiger partial charge in [0, 0.05) is 25.5 Å². The maximum Gasteiger partial charge on any atom is 0.0900 e. The summed E-state index contributed by atoms with van der Waals surface area (Å²) in [5, 5.41) is 10.1. The lowest BCUT2D eigenvalue weighted by atomic mass is 10.2. The summed E-state index contributed by atoms with van der Waals surface area (Å²) in [6.07, 6.45) is 3.11. The molecule has 0 saturated heterocycles. The van der Waals surface area contributed by atoms with Crippen LogP contribution in [0.25, 0.3) is 0 Å². The number of benzene rings is 1. The maximum atomic E-state index is 10.1. The molecule has 4 heteroatoms. The second-order valence-corrected chi connectivity index (χ2v) is 5.34. The lowest BCUT2D eigenvalue weighted by Gasteiger charge is -2.23. The van der Waals surface area contributed by atoms with Gasteiger partial charge in [0.05, 0.1) is 19.3 Å². The molecule has 22 heavy (non-hydrogen) atoms. The zero-order valence-electron chi connectivity index (χ0n) is 13.1. The van der Waals surface area contributed by atoms with Gasteiger partial charge in [-0.05, 0) is 29.8 Å². The molecule has 0 amide bonds. The second kappa shape index (κ2) is 9.30. The van der Waals surface area contributed by atoms with Crippen LogP contribution >= 0.6 is 0 Å². The van der Waals surface area contributed by atoms with Crippen molar-refractivity contribution in [1.82, 2.24) is 9.88 Å². The SMILES string of the molecule is CCN(Cc1ccncc1)C[C@@H](O)COCc1ccccc1. The summed E-state index contributed by atoms with van der Waals surface area (Å²) in [6, 6.07) is 14.0. The molecule has 0 unspecified atom stereocenters. The summed E-state index contributed by atoms with van der Waals surface area (Å²) >= 11 is 0. The third kappa shape index (κ3) is 5.93. The van der Waals surface area contributed by atoms with E-state index in [9.17, 15) is 5.11 Å². The van der Waals surface area contributed by atoms with Gasteiger partial charge in [-0.15, -0.1) is 0 Å². The van der Waals surface area contributed by atoms with E-state index < -0.39 is 6.10 Å². The highest BCUT2D eigenvalue weighted by Crippen LogP contribution is 2.05. The first-order valence-corrected chi connectivity index (χ1v) is 7.69. The molecule has 1 N–H and O–H groups in total. The third-order valence-corrected chi connectivity index (χ3v) is 3.49. The number of nitrogens with zero attached hydrogens (tertiary/aromatic N) is 2. The van der Waals surface area contributed by atoms with E-state index in [0.29, 0.717) is 19.8 Å². The van der Waals surface area contributed by atoms with Gasteiger partial charge >= 0.3 is 0 Å². The van der Waals surface area contributed by atoms with E-state index in [1.165, 1.54) is 5.56 Å². The summed E-state index contributed by atoms with van der Waals surface area (Å²) in [6.45, 7) is 5.29. The van der Waals surface area contributed by atoms with Crippen LogP contribution < -0.4 is 0 Å². The van der Waals surface area contributed by atoms with E-state index in [2.05, 4.69) is 16.8 Å². The molecule has 0 fully saturated rings. The van der Waals surface area contributed by atoms with Crippen molar-refractivity contribution in [2.45, 2.75) is 26.2 Å². The van der Waals surface area contributed by atoms with Gasteiger partial charge in [-0.3, -0.25) is 9.88 Å². The minimum atomic E-state index is -0.481. The average molecular weight is 300 g/mol. The molecule has 0 radical (unpaired) electrons. The van der Waals surface area contributed by atoms with Crippen LogP contribution in [0.4, 0.5) is 0 Å². The van der Waals surface area contributed by atoms with E-state index in [1.807, 2.05) is 42.5 Å². The summed E-state index contributed by atoms with van der Waals surface area (Å²) < 4.78 is 5.59. The van der Waals surface area contributed by atoms with Gasteiger partial charge in [-0.1, -0.05) is 37.3 Å². The standard InChI is InChI=1S/C18H24N2O2/c1-2-20(12-16-8-10-19-11-9-16)13-18(21)15-22-14-17-6-4-3-5-7-17/h3-11,18,21H,2,12-15H2,1H3/t18-/m1/s1. The fourth-order valence-corrected chi connectivity index (χ4v) is 2.29. The maximum absolute atomic E-state index is 10.1. The summed E-state index contributed by atoms with van der Waals surface area (Å²) in [5.74, 6) is 0. The Morgan fingerprint density at radius 2 is 1.82 bits per heavy atom. The minimum absolute atomic E-state index is 0.349. The normalized spacial score (nSPS) is 12.5. The van der Waals surface area contributed by atoms with Crippen molar-refractivity contribution in [3.63, 3.8) is 0 Å². The van der Waals surface area contributed by atoms with Crippen molar-refractivity contribution in [2.24, 2.45) is 0 Å². The van der Waals surface area contributed by atoms with Gasteiger partial charge in [0.25, 0.3) is 0 Å². The molecule has 1 atom stereocenters. The van der Waals surface area contributed by atoms with Crippen LogP contribution in [0, 0.1) is 0 Å². The molecule has 0 spiro atoms. The van der Waals surface area contributed by atoms with Gasteiger partial charge < -0.3 is 9.84 Å². The van der Waals surface area contributed by atoms with Crippen molar-refractivity contribution >= 4 is 0 Å². The van der Waals surface area contributed by atoms with Gasteiger partial charge in [0.1, 0.15) is 0 Å². The fourth-order valence-electron chi connectivity index (χ4n) is 2.29. The van der Waals surface area contributed by atoms with Crippen molar-refractivity contribution in [3.8, 4) is 0 Å². The van der Waals surface area contributed by atoms with Crippen LogP contribution in [0.2, 0.25) is 0 Å². The monoisotopic (exact) mass is 300 g/mol. The average Bonchev–Trinajstić information content (AvgIpc) is 2.56. The Hall–Kier alpha value is -1.75. The second-order valence-electron chi connectivity index (χ2n) is 5.34. The zero-order chi connectivity index (χ0) is 15.6. The van der Waals surface area contributed by atoms with Crippen LogP contribution in [-0.4, -0.2) is 40.8 Å². The minimum Gasteiger partial charge on any atom is -0.389 e. The highest BCUT2D eigenvalue weighted by Gasteiger charge is 2.11. The molecular weight excluding hydrogens is 276 g/mol. The number of ether oxygens (including phenoxy) is 1. The first-order valence-electron chi connectivity index (χ1n) is 7.69. The lowest BCUT2D eigenvalue weighted by molar-refractivity contribution is 0.00940. The number of hydrogen-bond donors (Lipinski definition) is 1. The van der Waals surface area contributed by atoms with E-state index >= 15 is 0 Å². The number of rotatable bonds is 9. The number of aliphatic hydroxyl groups is 1. The van der Waals surface area contributed by atoms with E-state index in [0.717, 1.165) is 18.7 Å². The van der Waals surface area contributed by atoms with Crippen LogP contribution in [0.15, 0.2) is 54.9 Å². The topological polar surface area (TPSA) is 45.6 Å². The largest absolute Gasteiger partial charge is 0.389 e. The zero-order valence-corrected chi connectivity index (χ0v) is 13.1. The predicted molar refractivity (Wildman–Crippen MR) is 87.3 cm³/mol. The molecule has 0 aliphatic rings. The van der Waals surface area contributed by atoms with Crippen LogP contribution in [0.1, 0.15) is 18.1 Å². The van der Waals surface area contributed by atoms with Gasteiger partial charge in [-0.25, -0.2) is 0 Å². The Kier molecular flexibility index (Phi) is 7.03. The molecule has 1 aromatic heterocycles. The van der Waals surface area contributed by atoms with Gasteiger partial charge in [0.2, 0.25) is 0 Å². The Labute approximate surface area is 132 Å². The lowest BCUT2D eigenvalue weighted by Crippen LogP contribution is -2.34. The van der Waals surface area contributed by atoms with E-state index in [1.54, 1.807) is 12.4 Å². The number of aromatic nitrogens is 1. The summed E-state index contributed by atoms with van der Waals surface area (Å²) in [5.41, 5.74) is 2.33. The van der Waals surface area contributed by atoms with Crippen molar-refractivity contribution in [2.75, 3.05) is 19.7 Å². The quantitative estimate of drug-likeness (QED) is 0.773. The third-order valence-electron chi connectivity index (χ3n) is 3.49. The molecular formula is C18H24N2O2. The molecule has 2 rings (SSSR count). The van der Waals surface area contributed by atoms with Crippen LogP contribution in [0.5, 0.6) is 0 Å². The smallest absolute Gasteiger partial charge is 0.0900 e. The number of aliphatic hydroxyl groups excluding tert-OH is 1. The fraction of sp³-hybridized carbons (Fsp3) is 0.389. The molecule has 0 saturated carbocycles. The van der Waals surface area contributed by atoms with E-state index in [-0.39, 0.29) is 0 Å². The van der Waals surface area contributed by atoms with Crippen LogP contribution in [-0.2, 0) is 17.9 Å². The molecule has 0 bridgehead atoms. The van der Waals surface area contributed by atoms with Crippen molar-refractivity contribution in [3.05, 3.63) is 66.0 Å². The molecule has 1 aromatic carbocycles. The molecule has 1 heterocycles. The first kappa shape index (κ1) is 16.6. The summed E-state index contributed by atoms with van der Waals surface area (Å²) in [4.78, 5) is 6.22. The van der Waals surface area contributed by atoms with Gasteiger partial charge in [0.15, 0.2) is 0 Å². The summed E-state index contributed by atoms with van der Waals surface area (Å²) in [7, 11) is 0. The Bertz CT molecular complexity index is 519. The highest BCUT2D eigenvalue weighted by atomic mass is 16.5. The van der Waals surface area contributed by atoms with Crippen molar-refractivity contribution < 1.29 is 9.84 Å². The first-order chi connectivity index (χ1) is 10.8. The highest BCUT2D eigenvalue weighted by molar-refractivity contribution is 5.13. The number of pyridine rings is 1. The molecule has 2 aromatic rings. The Morgan fingerprint density at radius 3 is 2.50 bits per heavy atom. The van der Waals surface area contributed by atoms with Gasteiger partial charge in [-0.2, -0.15) is 0 Å². The van der Waals surface area contributed by atoms with E-state index in [4.69, 9.17) is 4.74 Å². The predicted octanol–water partition coefficient (Wildman–Crippen LogP) is 2.48. The molecule has 0 aliphatic heterocycles. The molecule has 118 valence electrons. The Balaban J connectivity index is 1.71. The number of hydrogen-bond acceptors (Lipinski definition) is 4. The number of likely N-dealkylation sites (N-methyl/N-ethyl adjacent to an activating group) is 1. The Morgan fingerprint density at radius 1 is 1.09 bits per heavy atom. The molecule has 0 aliphatic carbocycles. The molecule has 4 nitrogen and oxygen atoms in total. The van der Waals surface area contributed by atoms with Crippen LogP contribution in [0.3, 0.4) is 0 Å². The van der Waals surface area contributed by atoms with Crippen molar-refractivity contribution in [1.29, 1.82) is 0 Å².